The van der Waals surface area contributed by atoms with Crippen LogP contribution in [0.5, 0.6) is 10.9 Å². The number of aromatic nitrogens is 1. The van der Waals surface area contributed by atoms with Crippen LogP contribution in [-0.2, 0) is 0 Å². The van der Waals surface area contributed by atoms with E-state index in [0.717, 1.165) is 10.2 Å². The molecule has 17 heavy (non-hydrogen) atoms. The molecule has 88 valence electrons. The van der Waals surface area contributed by atoms with Crippen LogP contribution in [0.15, 0.2) is 28.1 Å². The Labute approximate surface area is 110 Å². The Balaban J connectivity index is 2.37. The fourth-order valence-electron chi connectivity index (χ4n) is 1.23. The van der Waals surface area contributed by atoms with Gasteiger partial charge >= 0.3 is 5.97 Å². The van der Waals surface area contributed by atoms with Gasteiger partial charge in [0, 0.05) is 9.85 Å². The summed E-state index contributed by atoms with van der Waals surface area (Å²) in [6.45, 7) is 1.85. The lowest BCUT2D eigenvalue weighted by Crippen LogP contribution is -1.99. The summed E-state index contributed by atoms with van der Waals surface area (Å²) in [5.41, 5.74) is 0.956. The molecule has 0 atom stereocenters. The van der Waals surface area contributed by atoms with Crippen LogP contribution in [0.3, 0.4) is 0 Å². The topological polar surface area (TPSA) is 59.4 Å². The van der Waals surface area contributed by atoms with Gasteiger partial charge in [-0.3, -0.25) is 0 Å². The van der Waals surface area contributed by atoms with Gasteiger partial charge in [-0.1, -0.05) is 27.3 Å². The third-order valence-corrected chi connectivity index (χ3v) is 3.30. The van der Waals surface area contributed by atoms with E-state index in [0.29, 0.717) is 5.19 Å². The van der Waals surface area contributed by atoms with Crippen molar-refractivity contribution in [2.24, 2.45) is 0 Å². The minimum atomic E-state index is -1.03. The van der Waals surface area contributed by atoms with Crippen LogP contribution in [-0.4, -0.2) is 16.1 Å². The van der Waals surface area contributed by atoms with Gasteiger partial charge in [0.15, 0.2) is 0 Å². The maximum atomic E-state index is 11.0. The van der Waals surface area contributed by atoms with E-state index >= 15 is 0 Å². The predicted octanol–water partition coefficient (Wildman–Crippen LogP) is 3.70. The molecule has 1 aromatic heterocycles. The molecule has 2 aromatic rings. The van der Waals surface area contributed by atoms with Crippen molar-refractivity contribution in [3.63, 3.8) is 0 Å². The molecule has 0 saturated heterocycles. The van der Waals surface area contributed by atoms with Gasteiger partial charge in [-0.25, -0.2) is 9.78 Å². The average molecular weight is 314 g/mol. The standard InChI is InChI=1S/C11H8BrNO3S/c1-6-5-17-11(13-6)16-9-4-7(12)2-3-8(9)10(14)15/h2-5H,1H3,(H,14,15). The van der Waals surface area contributed by atoms with E-state index in [1.807, 2.05) is 12.3 Å². The first-order valence-electron chi connectivity index (χ1n) is 4.69. The quantitative estimate of drug-likeness (QED) is 0.938. The lowest BCUT2D eigenvalue weighted by atomic mass is 10.2. The number of rotatable bonds is 3. The van der Waals surface area contributed by atoms with Crippen molar-refractivity contribution in [1.29, 1.82) is 0 Å². The van der Waals surface area contributed by atoms with Crippen molar-refractivity contribution in [2.45, 2.75) is 6.92 Å². The van der Waals surface area contributed by atoms with Gasteiger partial charge in [0.1, 0.15) is 11.3 Å². The number of ether oxygens (including phenoxy) is 1. The number of nitrogens with zero attached hydrogens (tertiary/aromatic N) is 1. The van der Waals surface area contributed by atoms with E-state index in [1.165, 1.54) is 17.4 Å². The maximum absolute atomic E-state index is 11.0. The van der Waals surface area contributed by atoms with Crippen molar-refractivity contribution in [1.82, 2.24) is 4.98 Å². The third kappa shape index (κ3) is 2.83. The molecule has 0 unspecified atom stereocenters. The molecule has 0 spiro atoms. The number of benzene rings is 1. The SMILES string of the molecule is Cc1csc(Oc2cc(Br)ccc2C(=O)O)n1. The summed E-state index contributed by atoms with van der Waals surface area (Å²) in [6, 6.07) is 4.76. The molecule has 1 N–H and O–H groups in total. The van der Waals surface area contributed by atoms with E-state index in [2.05, 4.69) is 20.9 Å². The fraction of sp³-hybridized carbons (Fsp3) is 0.0909. The normalized spacial score (nSPS) is 10.2. The van der Waals surface area contributed by atoms with Crippen molar-refractivity contribution in [3.8, 4) is 10.9 Å². The molecule has 4 nitrogen and oxygen atoms in total. The third-order valence-electron chi connectivity index (χ3n) is 1.97. The molecule has 0 fully saturated rings. The van der Waals surface area contributed by atoms with Crippen LogP contribution < -0.4 is 4.74 Å². The summed E-state index contributed by atoms with van der Waals surface area (Å²) in [7, 11) is 0. The van der Waals surface area contributed by atoms with E-state index in [9.17, 15) is 4.79 Å². The van der Waals surface area contributed by atoms with Crippen LogP contribution in [0, 0.1) is 6.92 Å². The lowest BCUT2D eigenvalue weighted by molar-refractivity contribution is 0.0694. The molecule has 0 saturated carbocycles. The minimum absolute atomic E-state index is 0.112. The Morgan fingerprint density at radius 1 is 1.53 bits per heavy atom. The van der Waals surface area contributed by atoms with E-state index in [-0.39, 0.29) is 11.3 Å². The van der Waals surface area contributed by atoms with E-state index in [4.69, 9.17) is 9.84 Å². The molecule has 0 amide bonds. The molecule has 0 bridgehead atoms. The Morgan fingerprint density at radius 3 is 2.88 bits per heavy atom. The second-order valence-corrected chi connectivity index (χ2v) is 5.04. The van der Waals surface area contributed by atoms with Crippen molar-refractivity contribution in [2.75, 3.05) is 0 Å². The fourth-order valence-corrected chi connectivity index (χ4v) is 2.23. The zero-order valence-corrected chi connectivity index (χ0v) is 11.2. The highest BCUT2D eigenvalue weighted by molar-refractivity contribution is 9.10. The Bertz CT molecular complexity index is 568. The number of carboxylic acid groups (broad SMARTS) is 1. The first kappa shape index (κ1) is 12.1. The molecule has 0 radical (unpaired) electrons. The number of aromatic carboxylic acids is 1. The summed E-state index contributed by atoms with van der Waals surface area (Å²) in [5, 5.41) is 11.3. The Morgan fingerprint density at radius 2 is 2.29 bits per heavy atom. The van der Waals surface area contributed by atoms with Gasteiger partial charge in [0.05, 0.1) is 5.69 Å². The predicted molar refractivity (Wildman–Crippen MR) is 68.0 cm³/mol. The van der Waals surface area contributed by atoms with Crippen molar-refractivity contribution < 1.29 is 14.6 Å². The molecule has 1 heterocycles. The van der Waals surface area contributed by atoms with Gasteiger partial charge in [-0.15, -0.1) is 0 Å². The Kier molecular flexibility index (Phi) is 3.44. The monoisotopic (exact) mass is 313 g/mol. The first-order valence-corrected chi connectivity index (χ1v) is 6.36. The summed E-state index contributed by atoms with van der Waals surface area (Å²) < 4.78 is 6.22. The highest BCUT2D eigenvalue weighted by Gasteiger charge is 2.13. The zero-order valence-electron chi connectivity index (χ0n) is 8.81. The van der Waals surface area contributed by atoms with Crippen LogP contribution in [0.1, 0.15) is 16.1 Å². The summed E-state index contributed by atoms with van der Waals surface area (Å²) in [5.74, 6) is -0.748. The van der Waals surface area contributed by atoms with Crippen LogP contribution in [0.25, 0.3) is 0 Å². The minimum Gasteiger partial charge on any atom is -0.478 e. The molecular weight excluding hydrogens is 306 g/mol. The number of hydrogen-bond acceptors (Lipinski definition) is 4. The smallest absolute Gasteiger partial charge is 0.339 e. The highest BCUT2D eigenvalue weighted by Crippen LogP contribution is 2.30. The number of hydrogen-bond donors (Lipinski definition) is 1. The second-order valence-electron chi connectivity index (χ2n) is 3.30. The number of halogens is 1. The summed E-state index contributed by atoms with van der Waals surface area (Å²) in [6.07, 6.45) is 0. The maximum Gasteiger partial charge on any atom is 0.339 e. The van der Waals surface area contributed by atoms with Crippen LogP contribution in [0.4, 0.5) is 0 Å². The molecule has 1 aromatic carbocycles. The van der Waals surface area contributed by atoms with Gasteiger partial charge in [0.2, 0.25) is 0 Å². The largest absolute Gasteiger partial charge is 0.478 e. The van der Waals surface area contributed by atoms with Crippen molar-refractivity contribution in [3.05, 3.63) is 39.3 Å². The van der Waals surface area contributed by atoms with E-state index < -0.39 is 5.97 Å². The van der Waals surface area contributed by atoms with Gasteiger partial charge in [0.25, 0.3) is 5.19 Å². The molecule has 0 aliphatic rings. The zero-order chi connectivity index (χ0) is 12.4. The molecule has 6 heteroatoms. The Hall–Kier alpha value is -1.40. The highest BCUT2D eigenvalue weighted by atomic mass is 79.9. The first-order chi connectivity index (χ1) is 8.06. The summed E-state index contributed by atoms with van der Waals surface area (Å²) in [4.78, 5) is 15.1. The number of carbonyl (C=O) groups is 1. The van der Waals surface area contributed by atoms with E-state index in [1.54, 1.807) is 12.1 Å². The lowest BCUT2D eigenvalue weighted by Gasteiger charge is -2.06. The second kappa shape index (κ2) is 4.85. The van der Waals surface area contributed by atoms with Crippen molar-refractivity contribution >= 4 is 33.2 Å². The van der Waals surface area contributed by atoms with Gasteiger partial charge < -0.3 is 9.84 Å². The number of carboxylic acids is 1. The molecule has 2 rings (SSSR count). The molecular formula is C11H8BrNO3S. The van der Waals surface area contributed by atoms with Gasteiger partial charge in [-0.2, -0.15) is 0 Å². The van der Waals surface area contributed by atoms with Gasteiger partial charge in [-0.05, 0) is 25.1 Å². The molecule has 0 aliphatic carbocycles. The average Bonchev–Trinajstić information content (AvgIpc) is 2.63. The van der Waals surface area contributed by atoms with Crippen LogP contribution in [0.2, 0.25) is 0 Å². The molecule has 0 aliphatic heterocycles. The number of thiazole rings is 1. The number of aryl methyl sites for hydroxylation is 1. The summed E-state index contributed by atoms with van der Waals surface area (Å²) >= 11 is 4.60. The van der Waals surface area contributed by atoms with Crippen LogP contribution >= 0.6 is 27.3 Å².